The van der Waals surface area contributed by atoms with E-state index in [1.54, 1.807) is 0 Å². The van der Waals surface area contributed by atoms with Crippen molar-refractivity contribution in [2.24, 2.45) is 0 Å². The Labute approximate surface area is 110 Å². The molecule has 0 saturated heterocycles. The number of hydrogen-bond acceptors (Lipinski definition) is 7. The van der Waals surface area contributed by atoms with Crippen molar-refractivity contribution in [2.75, 3.05) is 0 Å². The van der Waals surface area contributed by atoms with Crippen LogP contribution in [0.1, 0.15) is 13.0 Å². The first-order chi connectivity index (χ1) is 9.16. The van der Waals surface area contributed by atoms with Gasteiger partial charge in [0.15, 0.2) is 6.04 Å². The molecule has 0 fully saturated rings. The number of aliphatic carboxylic acids is 1. The van der Waals surface area contributed by atoms with Gasteiger partial charge in [0.1, 0.15) is 0 Å². The third-order valence-corrected chi connectivity index (χ3v) is 2.43. The molecule has 108 valence electrons. The van der Waals surface area contributed by atoms with Crippen molar-refractivity contribution in [3.05, 3.63) is 42.8 Å². The van der Waals surface area contributed by atoms with E-state index in [1.165, 1.54) is 0 Å². The number of carbonyl (C=O) groups is 1. The fraction of sp³-hybridized carbons (Fsp3) is 0.333. The van der Waals surface area contributed by atoms with Crippen LogP contribution in [0.3, 0.4) is 0 Å². The van der Waals surface area contributed by atoms with E-state index < -0.39 is 44.8 Å². The predicted molar refractivity (Wildman–Crippen MR) is 62.4 cm³/mol. The number of nitrogens with zero attached hydrogens (tertiary/aromatic N) is 3. The SMILES string of the molecule is C[C@H](O)[C@H](C(=O)O)n1cc([N+](=O)[O-])c(=O)c([N+](=O)[O-])c1. The van der Waals surface area contributed by atoms with E-state index in [-0.39, 0.29) is 0 Å². The van der Waals surface area contributed by atoms with Crippen LogP contribution >= 0.6 is 0 Å². The molecule has 0 aromatic carbocycles. The second-order valence-corrected chi connectivity index (χ2v) is 3.84. The summed E-state index contributed by atoms with van der Waals surface area (Å²) in [6.07, 6.45) is -0.406. The summed E-state index contributed by atoms with van der Waals surface area (Å²) in [7, 11) is 0. The summed E-state index contributed by atoms with van der Waals surface area (Å²) in [5.41, 5.74) is -3.73. The summed E-state index contributed by atoms with van der Waals surface area (Å²) in [5.74, 6) is -1.56. The summed E-state index contributed by atoms with van der Waals surface area (Å²) in [6, 6.07) is -1.70. The minimum absolute atomic E-state index is 0.542. The first-order valence-corrected chi connectivity index (χ1v) is 5.12. The molecule has 0 aliphatic carbocycles. The quantitative estimate of drug-likeness (QED) is 0.548. The number of carboxylic acid groups (broad SMARTS) is 1. The maximum Gasteiger partial charge on any atom is 0.339 e. The topological polar surface area (TPSA) is 166 Å². The van der Waals surface area contributed by atoms with Gasteiger partial charge in [-0.15, -0.1) is 0 Å². The zero-order valence-electron chi connectivity index (χ0n) is 9.99. The van der Waals surface area contributed by atoms with Crippen molar-refractivity contribution >= 4 is 17.3 Å². The smallest absolute Gasteiger partial charge is 0.339 e. The lowest BCUT2D eigenvalue weighted by molar-refractivity contribution is -0.397. The number of nitro groups is 2. The number of aliphatic hydroxyl groups excluding tert-OH is 1. The minimum Gasteiger partial charge on any atom is -0.480 e. The predicted octanol–water partition coefficient (Wildman–Crippen LogP) is -0.329. The number of pyridine rings is 1. The molecule has 0 spiro atoms. The molecule has 1 aromatic rings. The van der Waals surface area contributed by atoms with Crippen molar-refractivity contribution in [3.63, 3.8) is 0 Å². The van der Waals surface area contributed by atoms with Crippen LogP contribution in [0.5, 0.6) is 0 Å². The minimum atomic E-state index is -1.70. The van der Waals surface area contributed by atoms with Crippen LogP contribution in [0, 0.1) is 20.2 Å². The van der Waals surface area contributed by atoms with Crippen LogP contribution in [0.25, 0.3) is 0 Å². The highest BCUT2D eigenvalue weighted by atomic mass is 16.6. The zero-order chi connectivity index (χ0) is 15.6. The summed E-state index contributed by atoms with van der Waals surface area (Å²) in [6.45, 7) is 1.09. The zero-order valence-corrected chi connectivity index (χ0v) is 9.99. The Morgan fingerprint density at radius 1 is 1.25 bits per heavy atom. The molecule has 0 unspecified atom stereocenters. The third kappa shape index (κ3) is 2.77. The second kappa shape index (κ2) is 5.44. The van der Waals surface area contributed by atoms with E-state index in [0.29, 0.717) is 17.0 Å². The molecule has 0 aliphatic rings. The van der Waals surface area contributed by atoms with Gasteiger partial charge in [-0.3, -0.25) is 25.0 Å². The van der Waals surface area contributed by atoms with Gasteiger partial charge < -0.3 is 14.8 Å². The van der Waals surface area contributed by atoms with Gasteiger partial charge in [-0.2, -0.15) is 0 Å². The summed E-state index contributed by atoms with van der Waals surface area (Å²) in [5, 5.41) is 39.6. The van der Waals surface area contributed by atoms with Crippen molar-refractivity contribution in [2.45, 2.75) is 19.1 Å². The molecular formula is C9H9N3O8. The number of rotatable bonds is 5. The number of hydrogen-bond donors (Lipinski definition) is 2. The van der Waals surface area contributed by atoms with E-state index in [2.05, 4.69) is 0 Å². The Hall–Kier alpha value is -2.82. The lowest BCUT2D eigenvalue weighted by Crippen LogP contribution is -2.30. The average molecular weight is 287 g/mol. The number of aliphatic hydroxyl groups is 1. The monoisotopic (exact) mass is 287 g/mol. The van der Waals surface area contributed by atoms with Gasteiger partial charge in [0.25, 0.3) is 0 Å². The molecule has 0 radical (unpaired) electrons. The van der Waals surface area contributed by atoms with E-state index in [9.17, 15) is 34.9 Å². The van der Waals surface area contributed by atoms with E-state index in [0.717, 1.165) is 6.92 Å². The van der Waals surface area contributed by atoms with Crippen LogP contribution in [-0.2, 0) is 4.79 Å². The third-order valence-electron chi connectivity index (χ3n) is 2.43. The van der Waals surface area contributed by atoms with Gasteiger partial charge in [0.05, 0.1) is 28.3 Å². The Balaban J connectivity index is 3.64. The van der Waals surface area contributed by atoms with Gasteiger partial charge in [0, 0.05) is 0 Å². The maximum absolute atomic E-state index is 11.5. The molecule has 0 aliphatic heterocycles. The molecule has 1 heterocycles. The molecule has 2 N–H and O–H groups in total. The maximum atomic E-state index is 11.5. The van der Waals surface area contributed by atoms with Gasteiger partial charge >= 0.3 is 22.8 Å². The van der Waals surface area contributed by atoms with Crippen LogP contribution < -0.4 is 5.43 Å². The van der Waals surface area contributed by atoms with Crippen molar-refractivity contribution in [3.8, 4) is 0 Å². The average Bonchev–Trinajstić information content (AvgIpc) is 2.29. The Morgan fingerprint density at radius 3 is 1.90 bits per heavy atom. The van der Waals surface area contributed by atoms with Crippen LogP contribution in [-0.4, -0.2) is 36.7 Å². The van der Waals surface area contributed by atoms with Crippen LogP contribution in [0.4, 0.5) is 11.4 Å². The Morgan fingerprint density at radius 2 is 1.65 bits per heavy atom. The molecule has 1 rings (SSSR count). The largest absolute Gasteiger partial charge is 0.480 e. The molecule has 0 saturated carbocycles. The highest BCUT2D eigenvalue weighted by molar-refractivity contribution is 5.72. The standard InChI is InChI=1S/C9H9N3O8/c1-4(13)7(9(15)16)10-2-5(11(17)18)8(14)6(3-10)12(19)20/h2-4,7,13H,1H3,(H,15,16)/t4-,7+/m0/s1. The number of carboxylic acids is 1. The van der Waals surface area contributed by atoms with Crippen molar-refractivity contribution in [1.82, 2.24) is 4.57 Å². The van der Waals surface area contributed by atoms with Crippen molar-refractivity contribution in [1.29, 1.82) is 0 Å². The Bertz CT molecular complexity index is 596. The van der Waals surface area contributed by atoms with Gasteiger partial charge in [0.2, 0.25) is 0 Å². The summed E-state index contributed by atoms with van der Waals surface area (Å²) < 4.78 is 0.560. The fourth-order valence-corrected chi connectivity index (χ4v) is 1.57. The number of aromatic nitrogens is 1. The van der Waals surface area contributed by atoms with Crippen LogP contribution in [0.15, 0.2) is 17.2 Å². The first kappa shape index (κ1) is 15.2. The molecule has 1 aromatic heterocycles. The molecular weight excluding hydrogens is 278 g/mol. The lowest BCUT2D eigenvalue weighted by Gasteiger charge is -2.18. The molecule has 20 heavy (non-hydrogen) atoms. The highest BCUT2D eigenvalue weighted by Gasteiger charge is 2.31. The fourth-order valence-electron chi connectivity index (χ4n) is 1.57. The van der Waals surface area contributed by atoms with Gasteiger partial charge in [-0.05, 0) is 6.92 Å². The van der Waals surface area contributed by atoms with E-state index in [4.69, 9.17) is 5.11 Å². The first-order valence-electron chi connectivity index (χ1n) is 5.12. The molecule has 0 bridgehead atoms. The Kier molecular flexibility index (Phi) is 4.14. The van der Waals surface area contributed by atoms with E-state index in [1.807, 2.05) is 0 Å². The normalized spacial score (nSPS) is 13.5. The second-order valence-electron chi connectivity index (χ2n) is 3.84. The van der Waals surface area contributed by atoms with Gasteiger partial charge in [-0.25, -0.2) is 4.79 Å². The summed E-state index contributed by atoms with van der Waals surface area (Å²) >= 11 is 0. The molecule has 11 heteroatoms. The van der Waals surface area contributed by atoms with Crippen molar-refractivity contribution < 1.29 is 24.9 Å². The lowest BCUT2D eigenvalue weighted by atomic mass is 10.1. The molecule has 0 amide bonds. The van der Waals surface area contributed by atoms with E-state index >= 15 is 0 Å². The highest BCUT2D eigenvalue weighted by Crippen LogP contribution is 2.19. The summed E-state index contributed by atoms with van der Waals surface area (Å²) in [4.78, 5) is 41.5. The molecule has 2 atom stereocenters. The van der Waals surface area contributed by atoms with Gasteiger partial charge in [-0.1, -0.05) is 0 Å². The molecule has 11 nitrogen and oxygen atoms in total. The van der Waals surface area contributed by atoms with Crippen LogP contribution in [0.2, 0.25) is 0 Å².